The van der Waals surface area contributed by atoms with Crippen LogP contribution in [0.1, 0.15) is 21.5 Å². The van der Waals surface area contributed by atoms with Gasteiger partial charge in [0, 0.05) is 28.4 Å². The van der Waals surface area contributed by atoms with Gasteiger partial charge in [0.2, 0.25) is 0 Å². The Kier molecular flexibility index (Phi) is 6.73. The van der Waals surface area contributed by atoms with Gasteiger partial charge in [0.1, 0.15) is 18.2 Å². The van der Waals surface area contributed by atoms with E-state index in [-0.39, 0.29) is 19.1 Å². The van der Waals surface area contributed by atoms with E-state index in [9.17, 15) is 9.18 Å². The minimum Gasteiger partial charge on any atom is -0.487 e. The van der Waals surface area contributed by atoms with Gasteiger partial charge in [-0.15, -0.1) is 0 Å². The Morgan fingerprint density at radius 3 is 2.59 bits per heavy atom. The summed E-state index contributed by atoms with van der Waals surface area (Å²) >= 11 is 12.2. The van der Waals surface area contributed by atoms with Crippen molar-refractivity contribution < 1.29 is 13.9 Å². The van der Waals surface area contributed by atoms with Gasteiger partial charge in [-0.25, -0.2) is 4.39 Å². The molecule has 0 aliphatic rings. The molecule has 162 valence electrons. The monoisotopic (exact) mass is 469 g/mol. The van der Waals surface area contributed by atoms with Crippen LogP contribution in [-0.2, 0) is 13.2 Å². The second kappa shape index (κ2) is 9.85. The van der Waals surface area contributed by atoms with Crippen LogP contribution in [0.2, 0.25) is 10.0 Å². The van der Waals surface area contributed by atoms with Crippen molar-refractivity contribution in [3.05, 3.63) is 112 Å². The maximum Gasteiger partial charge on any atom is 0.256 e. The highest BCUT2D eigenvalue weighted by atomic mass is 35.5. The smallest absolute Gasteiger partial charge is 0.256 e. The predicted octanol–water partition coefficient (Wildman–Crippen LogP) is 6.21. The van der Waals surface area contributed by atoms with Gasteiger partial charge in [-0.05, 0) is 42.0 Å². The zero-order chi connectivity index (χ0) is 22.5. The Morgan fingerprint density at radius 2 is 1.78 bits per heavy atom. The summed E-state index contributed by atoms with van der Waals surface area (Å²) in [6.45, 7) is 0.416. The first-order valence-corrected chi connectivity index (χ1v) is 10.5. The average Bonchev–Trinajstić information content (AvgIpc) is 3.23. The van der Waals surface area contributed by atoms with Crippen LogP contribution in [0.15, 0.2) is 79.0 Å². The molecule has 4 aromatic rings. The number of hydrogen-bond acceptors (Lipinski definition) is 3. The molecule has 0 spiro atoms. The molecule has 0 unspecified atom stereocenters. The molecule has 8 heteroatoms. The molecule has 0 saturated carbocycles. The number of carbonyl (C=O) groups excluding carboxylic acids is 1. The fourth-order valence-electron chi connectivity index (χ4n) is 3.08. The van der Waals surface area contributed by atoms with Crippen LogP contribution in [0.3, 0.4) is 0 Å². The molecule has 0 aliphatic heterocycles. The van der Waals surface area contributed by atoms with Gasteiger partial charge in [0.25, 0.3) is 5.91 Å². The average molecular weight is 470 g/mol. The second-order valence-electron chi connectivity index (χ2n) is 6.97. The predicted molar refractivity (Wildman–Crippen MR) is 123 cm³/mol. The van der Waals surface area contributed by atoms with Crippen molar-refractivity contribution in [2.45, 2.75) is 13.2 Å². The Hall–Kier alpha value is -3.35. The maximum absolute atomic E-state index is 14.0. The summed E-state index contributed by atoms with van der Waals surface area (Å²) in [7, 11) is 0. The number of ether oxygens (including phenoxy) is 1. The van der Waals surface area contributed by atoms with E-state index < -0.39 is 5.82 Å². The quantitative estimate of drug-likeness (QED) is 0.350. The highest BCUT2D eigenvalue weighted by Crippen LogP contribution is 2.24. The number of rotatable bonds is 7. The summed E-state index contributed by atoms with van der Waals surface area (Å²) in [5.41, 5.74) is 1.61. The lowest BCUT2D eigenvalue weighted by molar-refractivity contribution is 0.102. The van der Waals surface area contributed by atoms with E-state index in [4.69, 9.17) is 27.9 Å². The van der Waals surface area contributed by atoms with Crippen molar-refractivity contribution in [1.29, 1.82) is 0 Å². The number of nitrogens with zero attached hydrogens (tertiary/aromatic N) is 2. The van der Waals surface area contributed by atoms with Crippen molar-refractivity contribution in [2.24, 2.45) is 0 Å². The van der Waals surface area contributed by atoms with Crippen LogP contribution in [0, 0.1) is 5.82 Å². The molecular formula is C24H18Cl2FN3O2. The molecule has 0 atom stereocenters. The Bertz CT molecular complexity index is 1240. The van der Waals surface area contributed by atoms with Gasteiger partial charge >= 0.3 is 0 Å². The summed E-state index contributed by atoms with van der Waals surface area (Å²) in [5, 5.41) is 7.87. The highest BCUT2D eigenvalue weighted by Gasteiger charge is 2.12. The van der Waals surface area contributed by atoms with Crippen LogP contribution < -0.4 is 10.1 Å². The first-order valence-electron chi connectivity index (χ1n) is 9.73. The van der Waals surface area contributed by atoms with Crippen molar-refractivity contribution in [1.82, 2.24) is 9.78 Å². The van der Waals surface area contributed by atoms with Gasteiger partial charge < -0.3 is 10.1 Å². The SMILES string of the molecule is O=C(Nc1ccn(Cc2c(F)cccc2Cl)n1)c1cccc(COc2ccccc2Cl)c1. The van der Waals surface area contributed by atoms with Crippen molar-refractivity contribution in [3.63, 3.8) is 0 Å². The first kappa shape index (κ1) is 21.9. The largest absolute Gasteiger partial charge is 0.487 e. The number of amides is 1. The van der Waals surface area contributed by atoms with E-state index in [0.29, 0.717) is 32.7 Å². The van der Waals surface area contributed by atoms with E-state index in [1.54, 1.807) is 54.7 Å². The summed E-state index contributed by atoms with van der Waals surface area (Å²) in [6.07, 6.45) is 1.65. The molecule has 0 radical (unpaired) electrons. The summed E-state index contributed by atoms with van der Waals surface area (Å²) in [6, 6.07) is 20.4. The Labute approximate surface area is 194 Å². The third-order valence-electron chi connectivity index (χ3n) is 4.68. The number of nitrogens with one attached hydrogen (secondary N) is 1. The second-order valence-corrected chi connectivity index (χ2v) is 7.79. The van der Waals surface area contributed by atoms with E-state index >= 15 is 0 Å². The lowest BCUT2D eigenvalue weighted by Crippen LogP contribution is -2.13. The third kappa shape index (κ3) is 5.28. The van der Waals surface area contributed by atoms with E-state index in [0.717, 1.165) is 5.56 Å². The van der Waals surface area contributed by atoms with Gasteiger partial charge in [0.05, 0.1) is 11.6 Å². The molecule has 3 aromatic carbocycles. The molecule has 1 heterocycles. The molecule has 1 N–H and O–H groups in total. The molecular weight excluding hydrogens is 452 g/mol. The zero-order valence-electron chi connectivity index (χ0n) is 16.8. The number of benzene rings is 3. The van der Waals surface area contributed by atoms with Gasteiger partial charge in [-0.3, -0.25) is 9.48 Å². The van der Waals surface area contributed by atoms with Crippen LogP contribution in [-0.4, -0.2) is 15.7 Å². The highest BCUT2D eigenvalue weighted by molar-refractivity contribution is 6.32. The van der Waals surface area contributed by atoms with Crippen LogP contribution in [0.5, 0.6) is 5.75 Å². The fourth-order valence-corrected chi connectivity index (χ4v) is 3.49. The van der Waals surface area contributed by atoms with E-state index in [1.807, 2.05) is 18.2 Å². The minimum absolute atomic E-state index is 0.149. The van der Waals surface area contributed by atoms with Gasteiger partial charge in [-0.2, -0.15) is 5.10 Å². The molecule has 0 aliphatic carbocycles. The maximum atomic E-state index is 14.0. The normalized spacial score (nSPS) is 10.7. The summed E-state index contributed by atoms with van der Waals surface area (Å²) < 4.78 is 21.2. The third-order valence-corrected chi connectivity index (χ3v) is 5.35. The molecule has 1 aromatic heterocycles. The topological polar surface area (TPSA) is 56.2 Å². The Morgan fingerprint density at radius 1 is 1.00 bits per heavy atom. The fraction of sp³-hybridized carbons (Fsp3) is 0.0833. The molecule has 0 saturated heterocycles. The first-order chi connectivity index (χ1) is 15.5. The van der Waals surface area contributed by atoms with Gasteiger partial charge in [0.15, 0.2) is 5.82 Å². The molecule has 5 nitrogen and oxygen atoms in total. The van der Waals surface area contributed by atoms with E-state index in [2.05, 4.69) is 10.4 Å². The molecule has 0 bridgehead atoms. The lowest BCUT2D eigenvalue weighted by atomic mass is 10.1. The number of carbonyl (C=O) groups is 1. The zero-order valence-corrected chi connectivity index (χ0v) is 18.3. The number of hydrogen-bond donors (Lipinski definition) is 1. The Balaban J connectivity index is 1.40. The standard InChI is InChI=1S/C24H18Cl2FN3O2/c25-19-8-4-9-21(27)18(19)14-30-12-11-23(29-30)28-24(31)17-6-3-5-16(13-17)15-32-22-10-2-1-7-20(22)26/h1-13H,14-15H2,(H,28,29,31). The van der Waals surface area contributed by atoms with Crippen molar-refractivity contribution in [3.8, 4) is 5.75 Å². The summed E-state index contributed by atoms with van der Waals surface area (Å²) in [5.74, 6) is 0.192. The number of halogens is 3. The van der Waals surface area contributed by atoms with E-state index in [1.165, 1.54) is 10.7 Å². The molecule has 32 heavy (non-hydrogen) atoms. The molecule has 4 rings (SSSR count). The molecule has 0 fully saturated rings. The summed E-state index contributed by atoms with van der Waals surface area (Å²) in [4.78, 5) is 12.7. The van der Waals surface area contributed by atoms with Crippen LogP contribution in [0.4, 0.5) is 10.2 Å². The van der Waals surface area contributed by atoms with Crippen LogP contribution in [0.25, 0.3) is 0 Å². The van der Waals surface area contributed by atoms with Crippen LogP contribution >= 0.6 is 23.2 Å². The van der Waals surface area contributed by atoms with Crippen molar-refractivity contribution >= 4 is 34.9 Å². The number of anilines is 1. The lowest BCUT2D eigenvalue weighted by Gasteiger charge is -2.09. The van der Waals surface area contributed by atoms with Crippen molar-refractivity contribution in [2.75, 3.05) is 5.32 Å². The number of aromatic nitrogens is 2. The van der Waals surface area contributed by atoms with Gasteiger partial charge in [-0.1, -0.05) is 53.5 Å². The minimum atomic E-state index is -0.408. The molecule has 1 amide bonds. The number of para-hydroxylation sites is 1.